The van der Waals surface area contributed by atoms with Gasteiger partial charge in [0.2, 0.25) is 0 Å². The Bertz CT molecular complexity index is 1390. The number of rotatable bonds is 7. The Morgan fingerprint density at radius 2 is 2.03 bits per heavy atom. The highest BCUT2D eigenvalue weighted by Gasteiger charge is 2.35. The van der Waals surface area contributed by atoms with E-state index in [1.54, 1.807) is 29.9 Å². The number of carbonyl (C=O) groups is 1. The van der Waals surface area contributed by atoms with Crippen molar-refractivity contribution in [2.45, 2.75) is 39.7 Å². The lowest BCUT2D eigenvalue weighted by Crippen LogP contribution is -2.40. The first-order valence-electron chi connectivity index (χ1n) is 10.9. The van der Waals surface area contributed by atoms with Gasteiger partial charge in [0, 0.05) is 10.4 Å². The van der Waals surface area contributed by atoms with Gasteiger partial charge in [-0.3, -0.25) is 9.36 Å². The molecule has 1 aliphatic rings. The second-order valence-corrected chi connectivity index (χ2v) is 9.58. The van der Waals surface area contributed by atoms with Crippen molar-refractivity contribution in [3.8, 4) is 5.75 Å². The highest BCUT2D eigenvalue weighted by Crippen LogP contribution is 2.36. The minimum absolute atomic E-state index is 0.181. The quantitative estimate of drug-likeness (QED) is 0.478. The number of aryl methyl sites for hydroxylation is 1. The van der Waals surface area contributed by atoms with Crippen molar-refractivity contribution in [1.82, 2.24) is 4.57 Å². The lowest BCUT2D eigenvalue weighted by Gasteiger charge is -2.26. The molecular weight excluding hydrogens is 456 g/mol. The number of hydrogen-bond acceptors (Lipinski definition) is 7. The highest BCUT2D eigenvalue weighted by atomic mass is 32.1. The summed E-state index contributed by atoms with van der Waals surface area (Å²) >= 11 is 2.94. The van der Waals surface area contributed by atoms with Crippen molar-refractivity contribution in [2.24, 2.45) is 4.99 Å². The third-order valence-electron chi connectivity index (χ3n) is 5.49. The summed E-state index contributed by atoms with van der Waals surface area (Å²) in [5, 5.41) is 2.01. The van der Waals surface area contributed by atoms with Crippen molar-refractivity contribution in [2.75, 3.05) is 13.7 Å². The van der Waals surface area contributed by atoms with Crippen LogP contribution in [0.4, 0.5) is 0 Å². The van der Waals surface area contributed by atoms with Crippen LogP contribution in [0.2, 0.25) is 0 Å². The van der Waals surface area contributed by atoms with Crippen LogP contribution in [0.25, 0.3) is 6.08 Å². The molecular formula is C25H26N2O4S2. The zero-order valence-corrected chi connectivity index (χ0v) is 20.7. The molecule has 0 saturated carbocycles. The van der Waals surface area contributed by atoms with Gasteiger partial charge in [0.25, 0.3) is 5.56 Å². The van der Waals surface area contributed by atoms with Crippen LogP contribution in [0.1, 0.15) is 48.7 Å². The van der Waals surface area contributed by atoms with E-state index in [9.17, 15) is 9.59 Å². The largest absolute Gasteiger partial charge is 0.496 e. The van der Waals surface area contributed by atoms with Gasteiger partial charge in [-0.2, -0.15) is 0 Å². The number of nitrogens with zero attached hydrogens (tertiary/aromatic N) is 2. The van der Waals surface area contributed by atoms with E-state index in [1.165, 1.54) is 11.3 Å². The molecule has 0 aliphatic carbocycles. The lowest BCUT2D eigenvalue weighted by molar-refractivity contribution is -0.139. The monoisotopic (exact) mass is 482 g/mol. The Hall–Kier alpha value is -2.97. The number of allylic oxidation sites excluding steroid dienone is 1. The first-order valence-corrected chi connectivity index (χ1v) is 12.6. The smallest absolute Gasteiger partial charge is 0.338 e. The summed E-state index contributed by atoms with van der Waals surface area (Å²) in [6, 6.07) is 8.83. The number of methoxy groups -OCH3 is 1. The molecule has 2 aromatic heterocycles. The molecule has 1 aliphatic heterocycles. The maximum atomic E-state index is 13.7. The van der Waals surface area contributed by atoms with Crippen molar-refractivity contribution >= 4 is 34.7 Å². The van der Waals surface area contributed by atoms with E-state index in [0.29, 0.717) is 32.8 Å². The molecule has 3 aromatic rings. The molecule has 0 fully saturated rings. The van der Waals surface area contributed by atoms with Gasteiger partial charge in [-0.05, 0) is 49.4 Å². The number of ether oxygens (including phenoxy) is 2. The predicted molar refractivity (Wildman–Crippen MR) is 132 cm³/mol. The number of thiazole rings is 1. The molecule has 4 rings (SSSR count). The Morgan fingerprint density at radius 1 is 1.24 bits per heavy atom. The van der Waals surface area contributed by atoms with Gasteiger partial charge in [-0.25, -0.2) is 9.79 Å². The number of aromatic nitrogens is 1. The molecule has 3 heterocycles. The molecule has 0 radical (unpaired) electrons. The SMILES string of the molecule is CCCC1=C(C(=O)OCC)[C@H](c2ccccc2OC)n2c(s/c(=C/c3sccc3C)c2=O)=N1. The average Bonchev–Trinajstić information content (AvgIpc) is 3.35. The van der Waals surface area contributed by atoms with Crippen molar-refractivity contribution in [1.29, 1.82) is 0 Å². The Morgan fingerprint density at radius 3 is 2.70 bits per heavy atom. The molecule has 172 valence electrons. The van der Waals surface area contributed by atoms with Gasteiger partial charge in [0.1, 0.15) is 11.8 Å². The fraction of sp³-hybridized carbons (Fsp3) is 0.320. The van der Waals surface area contributed by atoms with E-state index in [0.717, 1.165) is 22.4 Å². The molecule has 0 amide bonds. The maximum Gasteiger partial charge on any atom is 0.338 e. The van der Waals surface area contributed by atoms with Gasteiger partial charge >= 0.3 is 5.97 Å². The van der Waals surface area contributed by atoms with E-state index in [-0.39, 0.29) is 12.2 Å². The van der Waals surface area contributed by atoms with E-state index >= 15 is 0 Å². The first-order chi connectivity index (χ1) is 16.0. The lowest BCUT2D eigenvalue weighted by atomic mass is 9.93. The molecule has 33 heavy (non-hydrogen) atoms. The molecule has 0 N–H and O–H groups in total. The summed E-state index contributed by atoms with van der Waals surface area (Å²) in [6.07, 6.45) is 3.33. The van der Waals surface area contributed by atoms with Crippen LogP contribution in [-0.2, 0) is 9.53 Å². The zero-order valence-electron chi connectivity index (χ0n) is 19.1. The summed E-state index contributed by atoms with van der Waals surface area (Å²) in [7, 11) is 1.59. The maximum absolute atomic E-state index is 13.7. The Labute approximate surface area is 200 Å². The van der Waals surface area contributed by atoms with E-state index < -0.39 is 12.0 Å². The van der Waals surface area contributed by atoms with Gasteiger partial charge in [-0.15, -0.1) is 11.3 Å². The molecule has 0 unspecified atom stereocenters. The van der Waals surface area contributed by atoms with Crippen LogP contribution >= 0.6 is 22.7 Å². The first kappa shape index (κ1) is 23.2. The van der Waals surface area contributed by atoms with Crippen LogP contribution in [0.5, 0.6) is 5.75 Å². The number of carbonyl (C=O) groups excluding carboxylic acids is 1. The minimum atomic E-state index is -0.676. The number of esters is 1. The molecule has 1 atom stereocenters. The van der Waals surface area contributed by atoms with E-state index in [4.69, 9.17) is 14.5 Å². The van der Waals surface area contributed by atoms with Crippen LogP contribution in [-0.4, -0.2) is 24.3 Å². The fourth-order valence-corrected chi connectivity index (χ4v) is 5.89. The summed E-state index contributed by atoms with van der Waals surface area (Å²) < 4.78 is 13.2. The second kappa shape index (κ2) is 9.89. The predicted octanol–water partition coefficient (Wildman–Crippen LogP) is 3.96. The number of benzene rings is 1. The van der Waals surface area contributed by atoms with Crippen LogP contribution < -0.4 is 19.6 Å². The van der Waals surface area contributed by atoms with Gasteiger partial charge < -0.3 is 9.47 Å². The van der Waals surface area contributed by atoms with Crippen molar-refractivity contribution in [3.63, 3.8) is 0 Å². The normalized spacial score (nSPS) is 15.9. The van der Waals surface area contributed by atoms with Crippen LogP contribution in [0.15, 0.2) is 56.8 Å². The van der Waals surface area contributed by atoms with Crippen LogP contribution in [0, 0.1) is 6.92 Å². The minimum Gasteiger partial charge on any atom is -0.496 e. The molecule has 0 saturated heterocycles. The van der Waals surface area contributed by atoms with Gasteiger partial charge in [-0.1, -0.05) is 42.9 Å². The molecule has 8 heteroatoms. The van der Waals surface area contributed by atoms with E-state index in [1.807, 2.05) is 55.6 Å². The highest BCUT2D eigenvalue weighted by molar-refractivity contribution is 7.11. The average molecular weight is 483 g/mol. The summed E-state index contributed by atoms with van der Waals surface area (Å²) in [6.45, 7) is 6.07. The molecule has 0 bridgehead atoms. The van der Waals surface area contributed by atoms with Gasteiger partial charge in [0.05, 0.1) is 29.5 Å². The van der Waals surface area contributed by atoms with E-state index in [2.05, 4.69) is 0 Å². The van der Waals surface area contributed by atoms with Crippen molar-refractivity contribution in [3.05, 3.63) is 82.7 Å². The van der Waals surface area contributed by atoms with Crippen molar-refractivity contribution < 1.29 is 14.3 Å². The third kappa shape index (κ3) is 4.32. The second-order valence-electron chi connectivity index (χ2n) is 7.62. The zero-order chi connectivity index (χ0) is 23.5. The number of fused-ring (bicyclic) bond motifs is 1. The van der Waals surface area contributed by atoms with Gasteiger partial charge in [0.15, 0.2) is 4.80 Å². The topological polar surface area (TPSA) is 69.9 Å². The third-order valence-corrected chi connectivity index (χ3v) is 7.44. The number of hydrogen-bond donors (Lipinski definition) is 0. The number of thiophene rings is 1. The standard InChI is InChI=1S/C25H26N2O4S2/c1-5-9-17-21(24(29)31-6-2)22(16-10-7-8-11-18(16)30-4)27-23(28)20(33-25(27)26-17)14-19-15(3)12-13-32-19/h7-8,10-14,22H,5-6,9H2,1-4H3/b20-14+/t22-/m0/s1. The van der Waals surface area contributed by atoms with Crippen LogP contribution in [0.3, 0.4) is 0 Å². The Kier molecular flexibility index (Phi) is 6.95. The number of para-hydroxylation sites is 1. The molecule has 6 nitrogen and oxygen atoms in total. The molecule has 0 spiro atoms. The summed E-state index contributed by atoms with van der Waals surface area (Å²) in [5.41, 5.74) is 2.72. The molecule has 1 aromatic carbocycles. The summed E-state index contributed by atoms with van der Waals surface area (Å²) in [5.74, 6) is 0.148. The summed E-state index contributed by atoms with van der Waals surface area (Å²) in [4.78, 5) is 33.3. The fourth-order valence-electron chi connectivity index (χ4n) is 3.96. The Balaban J connectivity index is 2.05.